The highest BCUT2D eigenvalue weighted by atomic mass is 32.1. The van der Waals surface area contributed by atoms with Crippen LogP contribution in [0.5, 0.6) is 0 Å². The van der Waals surface area contributed by atoms with Gasteiger partial charge in [-0.1, -0.05) is 60.7 Å². The van der Waals surface area contributed by atoms with Crippen molar-refractivity contribution < 1.29 is 4.79 Å². The molecule has 4 heteroatoms. The SMILES string of the molecule is O=C(C=Cc1ccccc1)N1CCc2nc(-c3ccccc3)sc2C1. The summed E-state index contributed by atoms with van der Waals surface area (Å²) in [4.78, 5) is 20.4. The first kappa shape index (κ1) is 15.8. The minimum atomic E-state index is 0.0594. The Labute approximate surface area is 151 Å². The maximum atomic E-state index is 12.5. The lowest BCUT2D eigenvalue weighted by Gasteiger charge is -2.24. The number of amides is 1. The average molecular weight is 346 g/mol. The van der Waals surface area contributed by atoms with Crippen LogP contribution in [0.1, 0.15) is 16.1 Å². The van der Waals surface area contributed by atoms with Gasteiger partial charge in [0.25, 0.3) is 0 Å². The van der Waals surface area contributed by atoms with Crippen molar-refractivity contribution in [1.29, 1.82) is 0 Å². The molecule has 0 spiro atoms. The van der Waals surface area contributed by atoms with Gasteiger partial charge in [-0.15, -0.1) is 11.3 Å². The molecule has 0 radical (unpaired) electrons. The molecule has 1 aliphatic rings. The van der Waals surface area contributed by atoms with Crippen molar-refractivity contribution in [3.8, 4) is 10.6 Å². The second kappa shape index (κ2) is 7.03. The number of thiazole rings is 1. The lowest BCUT2D eigenvalue weighted by atomic mass is 10.1. The fraction of sp³-hybridized carbons (Fsp3) is 0.143. The summed E-state index contributed by atoms with van der Waals surface area (Å²) in [6.07, 6.45) is 4.36. The zero-order valence-corrected chi connectivity index (χ0v) is 14.6. The molecule has 0 atom stereocenters. The van der Waals surface area contributed by atoms with E-state index in [0.717, 1.165) is 34.8 Å². The zero-order valence-electron chi connectivity index (χ0n) is 13.8. The third kappa shape index (κ3) is 3.54. The van der Waals surface area contributed by atoms with E-state index in [0.29, 0.717) is 6.54 Å². The molecule has 2 heterocycles. The van der Waals surface area contributed by atoms with Crippen LogP contribution in [0.15, 0.2) is 66.7 Å². The van der Waals surface area contributed by atoms with Gasteiger partial charge in [-0.05, 0) is 11.6 Å². The van der Waals surface area contributed by atoms with Gasteiger partial charge in [-0.2, -0.15) is 0 Å². The van der Waals surface area contributed by atoms with Crippen LogP contribution in [-0.2, 0) is 17.8 Å². The normalized spacial score (nSPS) is 13.8. The second-order valence-corrected chi connectivity index (χ2v) is 7.09. The smallest absolute Gasteiger partial charge is 0.246 e. The molecule has 1 aliphatic heterocycles. The summed E-state index contributed by atoms with van der Waals surface area (Å²) in [6, 6.07) is 20.1. The molecule has 3 nitrogen and oxygen atoms in total. The lowest BCUT2D eigenvalue weighted by Crippen LogP contribution is -2.34. The van der Waals surface area contributed by atoms with Crippen LogP contribution in [0.25, 0.3) is 16.6 Å². The van der Waals surface area contributed by atoms with E-state index < -0.39 is 0 Å². The second-order valence-electron chi connectivity index (χ2n) is 6.01. The molecular weight excluding hydrogens is 328 g/mol. The number of nitrogens with zero attached hydrogens (tertiary/aromatic N) is 2. The summed E-state index contributed by atoms with van der Waals surface area (Å²) in [6.45, 7) is 1.38. The van der Waals surface area contributed by atoms with Crippen molar-refractivity contribution in [2.75, 3.05) is 6.54 Å². The van der Waals surface area contributed by atoms with Gasteiger partial charge in [0.15, 0.2) is 0 Å². The van der Waals surface area contributed by atoms with Crippen molar-refractivity contribution in [1.82, 2.24) is 9.88 Å². The highest BCUT2D eigenvalue weighted by Gasteiger charge is 2.23. The van der Waals surface area contributed by atoms with E-state index >= 15 is 0 Å². The summed E-state index contributed by atoms with van der Waals surface area (Å²) in [5, 5.41) is 1.04. The van der Waals surface area contributed by atoms with Gasteiger partial charge in [0, 0.05) is 29.5 Å². The van der Waals surface area contributed by atoms with E-state index in [2.05, 4.69) is 12.1 Å². The van der Waals surface area contributed by atoms with Crippen LogP contribution in [0.3, 0.4) is 0 Å². The van der Waals surface area contributed by atoms with Gasteiger partial charge in [0.05, 0.1) is 12.2 Å². The maximum absolute atomic E-state index is 12.5. The molecule has 0 N–H and O–H groups in total. The van der Waals surface area contributed by atoms with Crippen molar-refractivity contribution in [2.45, 2.75) is 13.0 Å². The molecule has 0 aliphatic carbocycles. The molecule has 0 fully saturated rings. The summed E-state index contributed by atoms with van der Waals surface area (Å²) < 4.78 is 0. The Morgan fingerprint density at radius 1 is 1.04 bits per heavy atom. The first-order valence-corrected chi connectivity index (χ1v) is 9.17. The van der Waals surface area contributed by atoms with E-state index in [9.17, 15) is 4.79 Å². The Morgan fingerprint density at radius 2 is 1.76 bits per heavy atom. The number of rotatable bonds is 3. The lowest BCUT2D eigenvalue weighted by molar-refractivity contribution is -0.126. The Hall–Kier alpha value is -2.72. The monoisotopic (exact) mass is 346 g/mol. The molecule has 1 amide bonds. The van der Waals surface area contributed by atoms with Crippen LogP contribution < -0.4 is 0 Å². The number of aromatic nitrogens is 1. The third-order valence-electron chi connectivity index (χ3n) is 4.28. The fourth-order valence-electron chi connectivity index (χ4n) is 2.92. The van der Waals surface area contributed by atoms with Crippen molar-refractivity contribution in [3.05, 3.63) is 82.9 Å². The minimum absolute atomic E-state index is 0.0594. The quantitative estimate of drug-likeness (QED) is 0.658. The molecule has 3 aromatic rings. The van der Waals surface area contributed by atoms with Gasteiger partial charge < -0.3 is 4.90 Å². The van der Waals surface area contributed by atoms with Gasteiger partial charge in [-0.25, -0.2) is 4.98 Å². The number of benzene rings is 2. The highest BCUT2D eigenvalue weighted by Crippen LogP contribution is 2.31. The molecule has 0 bridgehead atoms. The van der Waals surface area contributed by atoms with Crippen LogP contribution in [0.4, 0.5) is 0 Å². The maximum Gasteiger partial charge on any atom is 0.246 e. The first-order chi connectivity index (χ1) is 12.3. The Balaban J connectivity index is 1.48. The van der Waals surface area contributed by atoms with E-state index in [-0.39, 0.29) is 5.91 Å². The minimum Gasteiger partial charge on any atom is -0.334 e. The predicted molar refractivity (Wildman–Crippen MR) is 102 cm³/mol. The highest BCUT2D eigenvalue weighted by molar-refractivity contribution is 7.15. The summed E-state index contributed by atoms with van der Waals surface area (Å²) in [7, 11) is 0. The predicted octanol–water partition coefficient (Wildman–Crippen LogP) is 4.41. The van der Waals surface area contributed by atoms with E-state index in [1.807, 2.05) is 59.5 Å². The first-order valence-electron chi connectivity index (χ1n) is 8.35. The number of hydrogen-bond acceptors (Lipinski definition) is 3. The van der Waals surface area contributed by atoms with E-state index in [1.54, 1.807) is 17.4 Å². The topological polar surface area (TPSA) is 33.2 Å². The molecule has 4 rings (SSSR count). The molecule has 0 saturated carbocycles. The largest absolute Gasteiger partial charge is 0.334 e. The summed E-state index contributed by atoms with van der Waals surface area (Å²) in [5.41, 5.74) is 3.32. The van der Waals surface area contributed by atoms with Crippen LogP contribution in [0, 0.1) is 0 Å². The van der Waals surface area contributed by atoms with Gasteiger partial charge in [0.2, 0.25) is 5.91 Å². The Bertz CT molecular complexity index is 900. The van der Waals surface area contributed by atoms with Crippen molar-refractivity contribution >= 4 is 23.3 Å². The molecule has 2 aromatic carbocycles. The summed E-state index contributed by atoms with van der Waals surface area (Å²) in [5.74, 6) is 0.0594. The summed E-state index contributed by atoms with van der Waals surface area (Å²) >= 11 is 1.69. The zero-order chi connectivity index (χ0) is 17.1. The average Bonchev–Trinajstić information content (AvgIpc) is 3.11. The molecule has 0 unspecified atom stereocenters. The van der Waals surface area contributed by atoms with Gasteiger partial charge in [-0.3, -0.25) is 4.79 Å². The van der Waals surface area contributed by atoms with E-state index in [1.165, 1.54) is 4.88 Å². The molecule has 25 heavy (non-hydrogen) atoms. The fourth-order valence-corrected chi connectivity index (χ4v) is 4.05. The van der Waals surface area contributed by atoms with Gasteiger partial charge >= 0.3 is 0 Å². The number of carbonyl (C=O) groups excluding carboxylic acids is 1. The van der Waals surface area contributed by atoms with Crippen molar-refractivity contribution in [3.63, 3.8) is 0 Å². The molecule has 1 aromatic heterocycles. The van der Waals surface area contributed by atoms with Crippen LogP contribution >= 0.6 is 11.3 Å². The van der Waals surface area contributed by atoms with Crippen molar-refractivity contribution in [2.24, 2.45) is 0 Å². The number of carbonyl (C=O) groups is 1. The third-order valence-corrected chi connectivity index (χ3v) is 5.41. The van der Waals surface area contributed by atoms with Crippen LogP contribution in [0.2, 0.25) is 0 Å². The standard InChI is InChI=1S/C21H18N2OS/c24-20(12-11-16-7-3-1-4-8-16)23-14-13-18-19(15-23)25-21(22-18)17-9-5-2-6-10-17/h1-12H,13-15H2. The molecular formula is C21H18N2OS. The Kier molecular flexibility index (Phi) is 4.44. The molecule has 0 saturated heterocycles. The number of hydrogen-bond donors (Lipinski definition) is 0. The Morgan fingerprint density at radius 3 is 2.52 bits per heavy atom. The molecule has 124 valence electrons. The number of fused-ring (bicyclic) bond motifs is 1. The van der Waals surface area contributed by atoms with Crippen LogP contribution in [-0.4, -0.2) is 22.3 Å². The van der Waals surface area contributed by atoms with E-state index in [4.69, 9.17) is 4.98 Å². The van der Waals surface area contributed by atoms with Gasteiger partial charge in [0.1, 0.15) is 5.01 Å².